The van der Waals surface area contributed by atoms with Crippen molar-refractivity contribution in [2.24, 2.45) is 4.99 Å². The summed E-state index contributed by atoms with van der Waals surface area (Å²) >= 11 is 0. The molecule has 0 aromatic carbocycles. The van der Waals surface area contributed by atoms with Crippen LogP contribution in [0.25, 0.3) is 0 Å². The van der Waals surface area contributed by atoms with Gasteiger partial charge >= 0.3 is 0 Å². The molecule has 2 aliphatic rings. The minimum absolute atomic E-state index is 0.325. The van der Waals surface area contributed by atoms with Gasteiger partial charge in [-0.15, -0.1) is 0 Å². The molecule has 0 spiro atoms. The van der Waals surface area contributed by atoms with E-state index in [1.165, 1.54) is 32.1 Å². The van der Waals surface area contributed by atoms with E-state index in [1.54, 1.807) is 0 Å². The van der Waals surface area contributed by atoms with E-state index in [4.69, 9.17) is 0 Å². The van der Waals surface area contributed by atoms with Gasteiger partial charge in [0.25, 0.3) is 0 Å². The Morgan fingerprint density at radius 2 is 2.00 bits per heavy atom. The Morgan fingerprint density at radius 3 is 2.77 bits per heavy atom. The van der Waals surface area contributed by atoms with Crippen molar-refractivity contribution in [2.45, 2.75) is 70.8 Å². The van der Waals surface area contributed by atoms with Gasteiger partial charge in [0.2, 0.25) is 5.91 Å². The molecule has 2 rings (SSSR count). The molecule has 0 unspecified atom stereocenters. The number of hydrogen-bond acceptors (Lipinski definition) is 3. The zero-order valence-corrected chi connectivity index (χ0v) is 16.9. The van der Waals surface area contributed by atoms with Crippen molar-refractivity contribution >= 4 is 11.9 Å². The van der Waals surface area contributed by atoms with Crippen LogP contribution in [0.5, 0.6) is 0 Å². The highest BCUT2D eigenvalue weighted by molar-refractivity contribution is 5.79. The summed E-state index contributed by atoms with van der Waals surface area (Å²) in [6.07, 6.45) is 10.5. The third kappa shape index (κ3) is 7.52. The first-order chi connectivity index (χ1) is 12.7. The molecule has 26 heavy (non-hydrogen) atoms. The Kier molecular flexibility index (Phi) is 9.82. The zero-order valence-electron chi connectivity index (χ0n) is 16.9. The fourth-order valence-electron chi connectivity index (χ4n) is 3.95. The number of amides is 1. The molecule has 1 amide bonds. The lowest BCUT2D eigenvalue weighted by Crippen LogP contribution is -2.42. The number of carbonyl (C=O) groups is 1. The van der Waals surface area contributed by atoms with Crippen molar-refractivity contribution in [3.8, 4) is 0 Å². The number of nitrogens with one attached hydrogen (secondary N) is 2. The first kappa shape index (κ1) is 21.0. The van der Waals surface area contributed by atoms with Crippen LogP contribution in [-0.2, 0) is 4.79 Å². The number of likely N-dealkylation sites (tertiary alicyclic amines) is 1. The molecule has 2 fully saturated rings. The maximum absolute atomic E-state index is 12.0. The van der Waals surface area contributed by atoms with Gasteiger partial charge in [0.1, 0.15) is 0 Å². The van der Waals surface area contributed by atoms with E-state index >= 15 is 0 Å². The third-order valence-electron chi connectivity index (χ3n) is 5.58. The number of aliphatic imine (C=N–C) groups is 1. The van der Waals surface area contributed by atoms with E-state index in [2.05, 4.69) is 34.5 Å². The maximum Gasteiger partial charge on any atom is 0.222 e. The first-order valence-corrected chi connectivity index (χ1v) is 10.7. The summed E-state index contributed by atoms with van der Waals surface area (Å²) in [4.78, 5) is 21.2. The quantitative estimate of drug-likeness (QED) is 0.374. The molecule has 0 atom stereocenters. The molecule has 150 valence electrons. The number of rotatable bonds is 9. The monoisotopic (exact) mass is 365 g/mol. The highest BCUT2D eigenvalue weighted by Gasteiger charge is 2.19. The van der Waals surface area contributed by atoms with Crippen LogP contribution in [0.1, 0.15) is 64.7 Å². The van der Waals surface area contributed by atoms with Crippen LogP contribution >= 0.6 is 0 Å². The van der Waals surface area contributed by atoms with Crippen LogP contribution in [0.4, 0.5) is 0 Å². The topological polar surface area (TPSA) is 60.0 Å². The molecular weight excluding hydrogens is 326 g/mol. The molecule has 0 aromatic rings. The Balaban J connectivity index is 1.65. The predicted octanol–water partition coefficient (Wildman–Crippen LogP) is 2.21. The highest BCUT2D eigenvalue weighted by Crippen LogP contribution is 2.21. The van der Waals surface area contributed by atoms with E-state index in [-0.39, 0.29) is 0 Å². The van der Waals surface area contributed by atoms with E-state index in [9.17, 15) is 4.79 Å². The average Bonchev–Trinajstić information content (AvgIpc) is 3.10. The van der Waals surface area contributed by atoms with Crippen molar-refractivity contribution in [2.75, 3.05) is 46.3 Å². The van der Waals surface area contributed by atoms with Gasteiger partial charge in [0.15, 0.2) is 5.96 Å². The molecule has 1 saturated carbocycles. The second kappa shape index (κ2) is 12.2. The highest BCUT2D eigenvalue weighted by atomic mass is 16.2. The molecule has 1 heterocycles. The second-order valence-electron chi connectivity index (χ2n) is 7.65. The van der Waals surface area contributed by atoms with Crippen molar-refractivity contribution in [1.82, 2.24) is 20.4 Å². The minimum atomic E-state index is 0.325. The largest absolute Gasteiger partial charge is 0.357 e. The van der Waals surface area contributed by atoms with Gasteiger partial charge in [-0.25, -0.2) is 0 Å². The van der Waals surface area contributed by atoms with E-state index in [0.29, 0.717) is 5.91 Å². The van der Waals surface area contributed by atoms with E-state index in [1.807, 2.05) is 4.90 Å². The molecule has 0 radical (unpaired) electrons. The number of carbonyl (C=O) groups excluding carboxylic acids is 1. The van der Waals surface area contributed by atoms with Crippen LogP contribution < -0.4 is 10.6 Å². The van der Waals surface area contributed by atoms with Crippen LogP contribution in [-0.4, -0.2) is 74.0 Å². The maximum atomic E-state index is 12.0. The summed E-state index contributed by atoms with van der Waals surface area (Å²) in [6.45, 7) is 7.46. The molecular formula is C20H39N5O. The van der Waals surface area contributed by atoms with Gasteiger partial charge in [-0.05, 0) is 46.1 Å². The van der Waals surface area contributed by atoms with Crippen LogP contribution in [0.15, 0.2) is 4.99 Å². The summed E-state index contributed by atoms with van der Waals surface area (Å²) in [7, 11) is 2.24. The summed E-state index contributed by atoms with van der Waals surface area (Å²) < 4.78 is 0. The summed E-state index contributed by atoms with van der Waals surface area (Å²) in [6, 6.07) is 0.766. The summed E-state index contributed by atoms with van der Waals surface area (Å²) in [5.74, 6) is 1.22. The van der Waals surface area contributed by atoms with Crippen molar-refractivity contribution in [1.29, 1.82) is 0 Å². The molecule has 1 aliphatic heterocycles. The normalized spacial score (nSPS) is 19.9. The lowest BCUT2D eigenvalue weighted by Gasteiger charge is -2.24. The number of nitrogens with zero attached hydrogens (tertiary/aromatic N) is 3. The van der Waals surface area contributed by atoms with Crippen LogP contribution in [0, 0.1) is 0 Å². The Morgan fingerprint density at radius 1 is 1.19 bits per heavy atom. The Labute approximate surface area is 159 Å². The predicted molar refractivity (Wildman–Crippen MR) is 109 cm³/mol. The first-order valence-electron chi connectivity index (χ1n) is 10.7. The fourth-order valence-corrected chi connectivity index (χ4v) is 3.95. The molecule has 6 nitrogen and oxygen atoms in total. The van der Waals surface area contributed by atoms with E-state index in [0.717, 1.165) is 77.0 Å². The third-order valence-corrected chi connectivity index (χ3v) is 5.58. The molecule has 6 heteroatoms. The standard InChI is InChI=1S/C20H39N5O/c1-3-21-20(23-14-17-24(2)18-10-6-7-11-18)22-13-9-16-25-15-8-4-5-12-19(25)26/h18H,3-17H2,1-2H3,(H2,21,22,23). The SMILES string of the molecule is CCNC(=NCCCN1CCCCCC1=O)NCCN(C)C1CCCC1. The van der Waals surface area contributed by atoms with Gasteiger partial charge < -0.3 is 20.4 Å². The summed E-state index contributed by atoms with van der Waals surface area (Å²) in [5.41, 5.74) is 0. The molecule has 0 aromatic heterocycles. The second-order valence-corrected chi connectivity index (χ2v) is 7.65. The molecule has 1 aliphatic carbocycles. The fraction of sp³-hybridized carbons (Fsp3) is 0.900. The molecule has 2 N–H and O–H groups in total. The Bertz CT molecular complexity index is 434. The number of likely N-dealkylation sites (N-methyl/N-ethyl adjacent to an activating group) is 1. The van der Waals surface area contributed by atoms with Gasteiger partial charge in [0, 0.05) is 51.7 Å². The smallest absolute Gasteiger partial charge is 0.222 e. The van der Waals surface area contributed by atoms with Gasteiger partial charge in [-0.2, -0.15) is 0 Å². The number of hydrogen-bond donors (Lipinski definition) is 2. The summed E-state index contributed by atoms with van der Waals surface area (Å²) in [5, 5.41) is 6.77. The zero-order chi connectivity index (χ0) is 18.6. The van der Waals surface area contributed by atoms with Gasteiger partial charge in [-0.3, -0.25) is 9.79 Å². The van der Waals surface area contributed by atoms with Gasteiger partial charge in [-0.1, -0.05) is 19.3 Å². The molecule has 0 bridgehead atoms. The van der Waals surface area contributed by atoms with Crippen molar-refractivity contribution in [3.05, 3.63) is 0 Å². The van der Waals surface area contributed by atoms with Crippen molar-refractivity contribution < 1.29 is 4.79 Å². The lowest BCUT2D eigenvalue weighted by atomic mass is 10.2. The lowest BCUT2D eigenvalue weighted by molar-refractivity contribution is -0.130. The van der Waals surface area contributed by atoms with E-state index < -0.39 is 0 Å². The van der Waals surface area contributed by atoms with Crippen LogP contribution in [0.2, 0.25) is 0 Å². The van der Waals surface area contributed by atoms with Crippen molar-refractivity contribution in [3.63, 3.8) is 0 Å². The molecule has 1 saturated heterocycles. The van der Waals surface area contributed by atoms with Crippen LogP contribution in [0.3, 0.4) is 0 Å². The average molecular weight is 366 g/mol. The number of guanidine groups is 1. The van der Waals surface area contributed by atoms with Gasteiger partial charge in [0.05, 0.1) is 0 Å². The minimum Gasteiger partial charge on any atom is -0.357 e. The Hall–Kier alpha value is -1.30.